The summed E-state index contributed by atoms with van der Waals surface area (Å²) < 4.78 is 27.7. The Bertz CT molecular complexity index is 556. The summed E-state index contributed by atoms with van der Waals surface area (Å²) >= 11 is 3.30. The summed E-state index contributed by atoms with van der Waals surface area (Å²) in [7, 11) is -3.49. The number of hydrogen-bond acceptors (Lipinski definition) is 3. The van der Waals surface area contributed by atoms with Crippen molar-refractivity contribution in [2.45, 2.75) is 31.1 Å². The highest BCUT2D eigenvalue weighted by Crippen LogP contribution is 2.33. The summed E-state index contributed by atoms with van der Waals surface area (Å²) in [6, 6.07) is 4.96. The first-order valence-electron chi connectivity index (χ1n) is 6.50. The minimum absolute atomic E-state index is 0.205. The van der Waals surface area contributed by atoms with E-state index in [4.69, 9.17) is 5.73 Å². The number of benzene rings is 1. The third kappa shape index (κ3) is 3.49. The third-order valence-electron chi connectivity index (χ3n) is 3.23. The molecule has 0 unspecified atom stereocenters. The molecule has 4 nitrogen and oxygen atoms in total. The zero-order valence-corrected chi connectivity index (χ0v) is 13.4. The van der Waals surface area contributed by atoms with E-state index in [1.54, 1.807) is 22.5 Å². The lowest BCUT2D eigenvalue weighted by atomic mass is 10.3. The van der Waals surface area contributed by atoms with Crippen LogP contribution >= 0.6 is 15.9 Å². The lowest BCUT2D eigenvalue weighted by molar-refractivity contribution is 0.396. The van der Waals surface area contributed by atoms with Gasteiger partial charge in [-0.3, -0.25) is 0 Å². The molecule has 0 bridgehead atoms. The SMILES string of the molecule is CCCN(CC1CC1)S(=O)(=O)c1cc(Br)ccc1N. The van der Waals surface area contributed by atoms with Crippen LogP contribution in [0.25, 0.3) is 0 Å². The highest BCUT2D eigenvalue weighted by Gasteiger charge is 2.32. The summed E-state index contributed by atoms with van der Waals surface area (Å²) in [6.07, 6.45) is 3.06. The molecule has 0 amide bonds. The second-order valence-corrected chi connectivity index (χ2v) is 7.81. The Balaban J connectivity index is 2.34. The summed E-state index contributed by atoms with van der Waals surface area (Å²) in [4.78, 5) is 0.205. The highest BCUT2D eigenvalue weighted by molar-refractivity contribution is 9.10. The Morgan fingerprint density at radius 1 is 1.42 bits per heavy atom. The normalized spacial score (nSPS) is 15.9. The molecule has 0 saturated heterocycles. The van der Waals surface area contributed by atoms with E-state index in [0.717, 1.165) is 23.7 Å². The maximum atomic E-state index is 12.7. The predicted octanol–water partition coefficient (Wildman–Crippen LogP) is 2.84. The zero-order chi connectivity index (χ0) is 14.0. The van der Waals surface area contributed by atoms with Gasteiger partial charge < -0.3 is 5.73 Å². The molecule has 1 aromatic carbocycles. The molecule has 1 saturated carbocycles. The van der Waals surface area contributed by atoms with Crippen molar-refractivity contribution < 1.29 is 8.42 Å². The predicted molar refractivity (Wildman–Crippen MR) is 80.3 cm³/mol. The molecule has 2 N–H and O–H groups in total. The van der Waals surface area contributed by atoms with Crippen molar-refractivity contribution in [3.63, 3.8) is 0 Å². The van der Waals surface area contributed by atoms with E-state index in [0.29, 0.717) is 24.7 Å². The van der Waals surface area contributed by atoms with Crippen molar-refractivity contribution in [3.05, 3.63) is 22.7 Å². The fourth-order valence-electron chi connectivity index (χ4n) is 2.02. The molecule has 0 radical (unpaired) electrons. The number of nitrogen functional groups attached to an aromatic ring is 1. The van der Waals surface area contributed by atoms with Gasteiger partial charge >= 0.3 is 0 Å². The van der Waals surface area contributed by atoms with Crippen LogP contribution in [0, 0.1) is 5.92 Å². The van der Waals surface area contributed by atoms with Gasteiger partial charge in [-0.25, -0.2) is 8.42 Å². The van der Waals surface area contributed by atoms with Gasteiger partial charge in [-0.05, 0) is 43.4 Å². The number of nitrogens with two attached hydrogens (primary N) is 1. The van der Waals surface area contributed by atoms with Gasteiger partial charge in [0.1, 0.15) is 4.90 Å². The van der Waals surface area contributed by atoms with Crippen LogP contribution in [0.5, 0.6) is 0 Å². The summed E-state index contributed by atoms with van der Waals surface area (Å²) in [6.45, 7) is 3.15. The molecular weight excluding hydrogens is 328 g/mol. The van der Waals surface area contributed by atoms with E-state index in [1.807, 2.05) is 6.92 Å². The van der Waals surface area contributed by atoms with Gasteiger partial charge in [0.05, 0.1) is 5.69 Å². The molecule has 1 fully saturated rings. The maximum Gasteiger partial charge on any atom is 0.245 e. The molecule has 1 aliphatic rings. The van der Waals surface area contributed by atoms with Crippen LogP contribution in [0.1, 0.15) is 26.2 Å². The first-order chi connectivity index (χ1) is 8.95. The Morgan fingerprint density at radius 2 is 2.11 bits per heavy atom. The van der Waals surface area contributed by atoms with E-state index < -0.39 is 10.0 Å². The van der Waals surface area contributed by atoms with Crippen molar-refractivity contribution in [1.82, 2.24) is 4.31 Å². The maximum absolute atomic E-state index is 12.7. The molecule has 0 atom stereocenters. The number of rotatable bonds is 6. The van der Waals surface area contributed by atoms with E-state index in [1.165, 1.54) is 0 Å². The molecule has 19 heavy (non-hydrogen) atoms. The Kier molecular flexibility index (Phi) is 4.53. The van der Waals surface area contributed by atoms with E-state index in [2.05, 4.69) is 15.9 Å². The lowest BCUT2D eigenvalue weighted by Gasteiger charge is -2.22. The molecule has 106 valence electrons. The fraction of sp³-hybridized carbons (Fsp3) is 0.538. The summed E-state index contributed by atoms with van der Waals surface area (Å²) in [5.74, 6) is 0.523. The minimum Gasteiger partial charge on any atom is -0.398 e. The largest absolute Gasteiger partial charge is 0.398 e. The highest BCUT2D eigenvalue weighted by atomic mass is 79.9. The smallest absolute Gasteiger partial charge is 0.245 e. The number of anilines is 1. The quantitative estimate of drug-likeness (QED) is 0.805. The van der Waals surface area contributed by atoms with Crippen LogP contribution in [-0.2, 0) is 10.0 Å². The molecule has 0 heterocycles. The number of halogens is 1. The van der Waals surface area contributed by atoms with Gasteiger partial charge in [-0.2, -0.15) is 4.31 Å². The summed E-state index contributed by atoms with van der Waals surface area (Å²) in [5.41, 5.74) is 6.13. The lowest BCUT2D eigenvalue weighted by Crippen LogP contribution is -2.34. The van der Waals surface area contributed by atoms with Gasteiger partial charge in [-0.15, -0.1) is 0 Å². The zero-order valence-electron chi connectivity index (χ0n) is 11.0. The Labute approximate surface area is 123 Å². The van der Waals surface area contributed by atoms with Crippen molar-refractivity contribution in [1.29, 1.82) is 0 Å². The van der Waals surface area contributed by atoms with Crippen molar-refractivity contribution in [2.24, 2.45) is 5.92 Å². The minimum atomic E-state index is -3.49. The first-order valence-corrected chi connectivity index (χ1v) is 8.73. The van der Waals surface area contributed by atoms with Gasteiger partial charge in [0.25, 0.3) is 0 Å². The molecule has 2 rings (SSSR count). The number of nitrogens with zero attached hydrogens (tertiary/aromatic N) is 1. The van der Waals surface area contributed by atoms with Gasteiger partial charge in [0.2, 0.25) is 10.0 Å². The van der Waals surface area contributed by atoms with E-state index >= 15 is 0 Å². The molecule has 1 aromatic rings. The molecule has 6 heteroatoms. The van der Waals surface area contributed by atoms with Crippen LogP contribution in [0.3, 0.4) is 0 Å². The van der Waals surface area contributed by atoms with Gasteiger partial charge in [-0.1, -0.05) is 22.9 Å². The van der Waals surface area contributed by atoms with Crippen LogP contribution in [0.2, 0.25) is 0 Å². The average Bonchev–Trinajstić information content (AvgIpc) is 3.15. The topological polar surface area (TPSA) is 63.4 Å². The molecule has 1 aliphatic carbocycles. The van der Waals surface area contributed by atoms with Crippen molar-refractivity contribution in [3.8, 4) is 0 Å². The van der Waals surface area contributed by atoms with Gasteiger partial charge in [0.15, 0.2) is 0 Å². The number of sulfonamides is 1. The molecule has 0 aromatic heterocycles. The first kappa shape index (κ1) is 14.8. The second kappa shape index (κ2) is 5.81. The van der Waals surface area contributed by atoms with Crippen molar-refractivity contribution >= 4 is 31.6 Å². The van der Waals surface area contributed by atoms with Crippen LogP contribution in [0.15, 0.2) is 27.6 Å². The Hall–Kier alpha value is -0.590. The van der Waals surface area contributed by atoms with Crippen LogP contribution in [-0.4, -0.2) is 25.8 Å². The Morgan fingerprint density at radius 3 is 2.68 bits per heavy atom. The second-order valence-electron chi connectivity index (χ2n) is 4.99. The van der Waals surface area contributed by atoms with Crippen molar-refractivity contribution in [2.75, 3.05) is 18.8 Å². The molecule has 0 aliphatic heterocycles. The fourth-order valence-corrected chi connectivity index (χ4v) is 4.28. The van der Waals surface area contributed by atoms with Gasteiger partial charge in [0, 0.05) is 17.6 Å². The standard InChI is InChI=1S/C13H19BrN2O2S/c1-2-7-16(9-10-3-4-10)19(17,18)13-8-11(14)5-6-12(13)15/h5-6,8,10H,2-4,7,9,15H2,1H3. The molecular formula is C13H19BrN2O2S. The summed E-state index contributed by atoms with van der Waals surface area (Å²) in [5, 5.41) is 0. The monoisotopic (exact) mass is 346 g/mol. The van der Waals surface area contributed by atoms with Crippen LogP contribution in [0.4, 0.5) is 5.69 Å². The third-order valence-corrected chi connectivity index (χ3v) is 5.64. The average molecular weight is 347 g/mol. The van der Waals surface area contributed by atoms with Crippen LogP contribution < -0.4 is 5.73 Å². The van der Waals surface area contributed by atoms with E-state index in [-0.39, 0.29) is 4.90 Å². The molecule has 0 spiro atoms. The van der Waals surface area contributed by atoms with E-state index in [9.17, 15) is 8.42 Å². The number of hydrogen-bond donors (Lipinski definition) is 1.